The van der Waals surface area contributed by atoms with Crippen molar-refractivity contribution in [3.8, 4) is 0 Å². The number of carbonyl (C=O) groups excluding carboxylic acids is 2. The van der Waals surface area contributed by atoms with Gasteiger partial charge in [-0.3, -0.25) is 9.59 Å². The second-order valence-electron chi connectivity index (χ2n) is 6.60. The molecular formula is C15H24F3N3O2. The van der Waals surface area contributed by atoms with Gasteiger partial charge in [-0.05, 0) is 38.0 Å². The minimum absolute atomic E-state index is 0.00560. The smallest absolute Gasteiger partial charge is 0.356 e. The van der Waals surface area contributed by atoms with Crippen LogP contribution in [0, 0.1) is 11.8 Å². The number of amides is 2. The van der Waals surface area contributed by atoms with E-state index >= 15 is 0 Å². The Kier molecular flexibility index (Phi) is 5.89. The zero-order chi connectivity index (χ0) is 17.0. The average molecular weight is 335 g/mol. The van der Waals surface area contributed by atoms with Gasteiger partial charge < -0.3 is 16.0 Å². The molecule has 2 amide bonds. The molecule has 1 heterocycles. The Labute approximate surface area is 133 Å². The fourth-order valence-corrected chi connectivity index (χ4v) is 3.37. The molecule has 1 saturated heterocycles. The van der Waals surface area contributed by atoms with Gasteiger partial charge in [0.05, 0.1) is 0 Å². The molecule has 0 spiro atoms. The highest BCUT2D eigenvalue weighted by Crippen LogP contribution is 2.25. The van der Waals surface area contributed by atoms with Crippen molar-refractivity contribution >= 4 is 11.8 Å². The summed E-state index contributed by atoms with van der Waals surface area (Å²) < 4.78 is 37.1. The van der Waals surface area contributed by atoms with Gasteiger partial charge in [0.15, 0.2) is 0 Å². The lowest BCUT2D eigenvalue weighted by molar-refractivity contribution is -0.186. The van der Waals surface area contributed by atoms with E-state index in [9.17, 15) is 22.8 Å². The summed E-state index contributed by atoms with van der Waals surface area (Å²) in [5, 5.41) is 2.90. The van der Waals surface area contributed by atoms with E-state index < -0.39 is 12.1 Å². The quantitative estimate of drug-likeness (QED) is 0.819. The van der Waals surface area contributed by atoms with Gasteiger partial charge in [0.2, 0.25) is 5.91 Å². The van der Waals surface area contributed by atoms with Crippen LogP contribution in [0.25, 0.3) is 0 Å². The molecule has 0 aromatic carbocycles. The van der Waals surface area contributed by atoms with E-state index in [4.69, 9.17) is 5.73 Å². The lowest BCUT2D eigenvalue weighted by Crippen LogP contribution is -2.47. The highest BCUT2D eigenvalue weighted by Gasteiger charge is 2.43. The Bertz CT molecular complexity index is 434. The number of hydrogen-bond acceptors (Lipinski definition) is 3. The van der Waals surface area contributed by atoms with Crippen LogP contribution in [-0.4, -0.2) is 48.6 Å². The van der Waals surface area contributed by atoms with Gasteiger partial charge in [0.1, 0.15) is 0 Å². The number of piperidine rings is 1. The summed E-state index contributed by atoms with van der Waals surface area (Å²) in [6.45, 7) is 0.638. The van der Waals surface area contributed by atoms with Crippen LogP contribution >= 0.6 is 0 Å². The number of nitrogens with one attached hydrogen (secondary N) is 1. The van der Waals surface area contributed by atoms with Gasteiger partial charge in [0, 0.05) is 31.6 Å². The summed E-state index contributed by atoms with van der Waals surface area (Å²) in [6, 6.07) is 0.0797. The van der Waals surface area contributed by atoms with Gasteiger partial charge in [-0.25, -0.2) is 0 Å². The van der Waals surface area contributed by atoms with Crippen molar-refractivity contribution < 1.29 is 22.8 Å². The molecule has 8 heteroatoms. The van der Waals surface area contributed by atoms with E-state index in [1.165, 1.54) is 0 Å². The number of halogens is 3. The third-order valence-electron chi connectivity index (χ3n) is 4.79. The van der Waals surface area contributed by atoms with Crippen molar-refractivity contribution in [3.63, 3.8) is 0 Å². The minimum Gasteiger partial charge on any atom is -0.356 e. The van der Waals surface area contributed by atoms with Crippen LogP contribution in [0.4, 0.5) is 13.2 Å². The zero-order valence-electron chi connectivity index (χ0n) is 13.1. The van der Waals surface area contributed by atoms with E-state index in [-0.39, 0.29) is 36.9 Å². The predicted octanol–water partition coefficient (Wildman–Crippen LogP) is 1.42. The first-order valence-electron chi connectivity index (χ1n) is 8.16. The highest BCUT2D eigenvalue weighted by molar-refractivity contribution is 5.82. The van der Waals surface area contributed by atoms with Crippen LogP contribution in [0.15, 0.2) is 0 Å². The molecule has 0 radical (unpaired) electrons. The van der Waals surface area contributed by atoms with Gasteiger partial charge in [-0.2, -0.15) is 13.2 Å². The van der Waals surface area contributed by atoms with Gasteiger partial charge in [-0.15, -0.1) is 0 Å². The standard InChI is InChI=1S/C15H24F3N3O2/c16-15(17,18)14(23)21-6-4-10(5-7-21)9-20-13(22)11-2-1-3-12(19)8-11/h10-12H,1-9,19H2,(H,20,22). The minimum atomic E-state index is -4.80. The van der Waals surface area contributed by atoms with Crippen LogP contribution < -0.4 is 11.1 Å². The molecule has 0 aromatic rings. The molecule has 2 unspecified atom stereocenters. The van der Waals surface area contributed by atoms with Crippen molar-refractivity contribution in [2.24, 2.45) is 17.6 Å². The molecule has 2 rings (SSSR count). The lowest BCUT2D eigenvalue weighted by atomic mass is 9.85. The summed E-state index contributed by atoms with van der Waals surface area (Å²) in [6.07, 6.45) is -0.394. The third-order valence-corrected chi connectivity index (χ3v) is 4.79. The summed E-state index contributed by atoms with van der Waals surface area (Å²) in [4.78, 5) is 24.1. The summed E-state index contributed by atoms with van der Waals surface area (Å²) in [5.74, 6) is -1.70. The molecule has 2 atom stereocenters. The molecule has 2 aliphatic rings. The normalized spacial score (nSPS) is 26.9. The fourth-order valence-electron chi connectivity index (χ4n) is 3.37. The maximum Gasteiger partial charge on any atom is 0.471 e. The van der Waals surface area contributed by atoms with Gasteiger partial charge >= 0.3 is 12.1 Å². The molecule has 1 aliphatic heterocycles. The van der Waals surface area contributed by atoms with Crippen LogP contribution in [0.2, 0.25) is 0 Å². The van der Waals surface area contributed by atoms with Crippen LogP contribution in [0.1, 0.15) is 38.5 Å². The molecule has 0 bridgehead atoms. The number of alkyl halides is 3. The fraction of sp³-hybridized carbons (Fsp3) is 0.867. The maximum atomic E-state index is 12.4. The van der Waals surface area contributed by atoms with Crippen LogP contribution in [-0.2, 0) is 9.59 Å². The van der Waals surface area contributed by atoms with Crippen LogP contribution in [0.3, 0.4) is 0 Å². The Morgan fingerprint density at radius 1 is 1.13 bits per heavy atom. The Hall–Kier alpha value is -1.31. The second-order valence-corrected chi connectivity index (χ2v) is 6.60. The molecule has 132 valence electrons. The topological polar surface area (TPSA) is 75.4 Å². The molecule has 1 aliphatic carbocycles. The van der Waals surface area contributed by atoms with Crippen molar-refractivity contribution in [1.29, 1.82) is 0 Å². The number of likely N-dealkylation sites (tertiary alicyclic amines) is 1. The Balaban J connectivity index is 1.70. The maximum absolute atomic E-state index is 12.4. The number of nitrogens with two attached hydrogens (primary N) is 1. The van der Waals surface area contributed by atoms with Crippen molar-refractivity contribution in [1.82, 2.24) is 10.2 Å². The van der Waals surface area contributed by atoms with Crippen LogP contribution in [0.5, 0.6) is 0 Å². The zero-order valence-corrected chi connectivity index (χ0v) is 13.1. The summed E-state index contributed by atoms with van der Waals surface area (Å²) in [7, 11) is 0. The van der Waals surface area contributed by atoms with Crippen molar-refractivity contribution in [2.45, 2.75) is 50.7 Å². The van der Waals surface area contributed by atoms with Gasteiger partial charge in [-0.1, -0.05) is 6.42 Å². The molecule has 5 nitrogen and oxygen atoms in total. The molecule has 23 heavy (non-hydrogen) atoms. The van der Waals surface area contributed by atoms with E-state index in [0.29, 0.717) is 25.8 Å². The van der Waals surface area contributed by atoms with Crippen molar-refractivity contribution in [2.75, 3.05) is 19.6 Å². The first kappa shape index (κ1) is 18.0. The molecule has 0 aromatic heterocycles. The highest BCUT2D eigenvalue weighted by atomic mass is 19.4. The molecule has 2 fully saturated rings. The third kappa shape index (κ3) is 5.09. The molecule has 3 N–H and O–H groups in total. The summed E-state index contributed by atoms with van der Waals surface area (Å²) in [5.41, 5.74) is 5.87. The average Bonchev–Trinajstić information content (AvgIpc) is 2.51. The lowest BCUT2D eigenvalue weighted by Gasteiger charge is -2.33. The molecular weight excluding hydrogens is 311 g/mol. The Morgan fingerprint density at radius 2 is 1.78 bits per heavy atom. The number of carbonyl (C=O) groups is 2. The number of hydrogen-bond donors (Lipinski definition) is 2. The van der Waals surface area contributed by atoms with E-state index in [1.807, 2.05) is 0 Å². The predicted molar refractivity (Wildman–Crippen MR) is 78.3 cm³/mol. The van der Waals surface area contributed by atoms with E-state index in [2.05, 4.69) is 5.32 Å². The molecule has 1 saturated carbocycles. The first-order chi connectivity index (χ1) is 10.8. The number of rotatable bonds is 3. The monoisotopic (exact) mass is 335 g/mol. The SMILES string of the molecule is NC1CCCC(C(=O)NCC2CCN(C(=O)C(F)(F)F)CC2)C1. The largest absolute Gasteiger partial charge is 0.471 e. The first-order valence-corrected chi connectivity index (χ1v) is 8.16. The van der Waals surface area contributed by atoms with E-state index in [0.717, 1.165) is 24.2 Å². The van der Waals surface area contributed by atoms with Gasteiger partial charge in [0.25, 0.3) is 0 Å². The summed E-state index contributed by atoms with van der Waals surface area (Å²) >= 11 is 0. The Morgan fingerprint density at radius 3 is 2.35 bits per heavy atom. The number of nitrogens with zero attached hydrogens (tertiary/aromatic N) is 1. The van der Waals surface area contributed by atoms with Crippen molar-refractivity contribution in [3.05, 3.63) is 0 Å². The van der Waals surface area contributed by atoms with E-state index in [1.54, 1.807) is 0 Å². The second kappa shape index (κ2) is 7.51.